The van der Waals surface area contributed by atoms with Gasteiger partial charge in [0.05, 0.1) is 5.56 Å². The molecule has 0 bridgehead atoms. The van der Waals surface area contributed by atoms with E-state index in [1.165, 1.54) is 0 Å². The van der Waals surface area contributed by atoms with Crippen LogP contribution in [0.2, 0.25) is 0 Å². The smallest absolute Gasteiger partial charge is 0.225 e. The lowest BCUT2D eigenvalue weighted by molar-refractivity contribution is 0.211. The highest BCUT2D eigenvalue weighted by Crippen LogP contribution is 2.18. The van der Waals surface area contributed by atoms with Crippen LogP contribution >= 0.6 is 0 Å². The first-order valence-electron chi connectivity index (χ1n) is 6.46. The molecule has 0 radical (unpaired) electrons. The maximum Gasteiger partial charge on any atom is 0.225 e. The fourth-order valence-corrected chi connectivity index (χ4v) is 1.82. The van der Waals surface area contributed by atoms with Crippen molar-refractivity contribution < 1.29 is 14.7 Å². The van der Waals surface area contributed by atoms with Crippen molar-refractivity contribution in [3.8, 4) is 11.6 Å². The Kier molecular flexibility index (Phi) is 4.98. The Morgan fingerprint density at radius 3 is 2.62 bits per heavy atom. The van der Waals surface area contributed by atoms with Crippen LogP contribution in [0.3, 0.4) is 0 Å². The summed E-state index contributed by atoms with van der Waals surface area (Å²) in [6.07, 6.45) is 1.61. The number of rotatable bonds is 6. The largest absolute Gasteiger partial charge is 0.490 e. The highest BCUT2D eigenvalue weighted by molar-refractivity contribution is 6.00. The average Bonchev–Trinajstić information content (AvgIpc) is 2.52. The van der Waals surface area contributed by atoms with Gasteiger partial charge in [0, 0.05) is 6.20 Å². The number of oxime groups is 1. The minimum atomic E-state index is -0.0282. The summed E-state index contributed by atoms with van der Waals surface area (Å²) in [5.74, 6) is 1.07. The molecule has 110 valence electrons. The zero-order chi connectivity index (χ0) is 15.1. The number of aryl methyl sites for hydroxylation is 1. The van der Waals surface area contributed by atoms with E-state index in [1.807, 2.05) is 37.3 Å². The minimum absolute atomic E-state index is 0.0282. The van der Waals surface area contributed by atoms with E-state index in [2.05, 4.69) is 10.1 Å². The van der Waals surface area contributed by atoms with Crippen LogP contribution in [0.1, 0.15) is 11.1 Å². The van der Waals surface area contributed by atoms with Crippen LogP contribution in [0.25, 0.3) is 0 Å². The van der Waals surface area contributed by atoms with Crippen LogP contribution in [0.4, 0.5) is 0 Å². The molecule has 21 heavy (non-hydrogen) atoms. The van der Waals surface area contributed by atoms with E-state index < -0.39 is 0 Å². The minimum Gasteiger partial charge on any atom is -0.490 e. The highest BCUT2D eigenvalue weighted by Gasteiger charge is 2.13. The fraction of sp³-hybridized carbons (Fsp3) is 0.200. The number of para-hydroxylation sites is 1. The molecule has 0 amide bonds. The molecular formula is C15H17N3O3. The summed E-state index contributed by atoms with van der Waals surface area (Å²) in [5.41, 5.74) is 6.94. The van der Waals surface area contributed by atoms with E-state index in [0.29, 0.717) is 24.7 Å². The number of nitrogens with zero attached hydrogens (tertiary/aromatic N) is 2. The molecule has 6 heteroatoms. The van der Waals surface area contributed by atoms with Gasteiger partial charge in [0.1, 0.15) is 19.0 Å². The number of hydrogen-bond acceptors (Lipinski definition) is 5. The van der Waals surface area contributed by atoms with E-state index in [4.69, 9.17) is 20.4 Å². The van der Waals surface area contributed by atoms with Gasteiger partial charge in [0.15, 0.2) is 5.84 Å². The van der Waals surface area contributed by atoms with E-state index in [-0.39, 0.29) is 5.84 Å². The maximum atomic E-state index is 8.81. The van der Waals surface area contributed by atoms with E-state index in [0.717, 1.165) is 11.3 Å². The van der Waals surface area contributed by atoms with Crippen LogP contribution in [0.15, 0.2) is 47.8 Å². The number of hydrogen-bond donors (Lipinski definition) is 2. The van der Waals surface area contributed by atoms with Crippen molar-refractivity contribution in [1.82, 2.24) is 4.98 Å². The molecule has 2 aromatic rings. The van der Waals surface area contributed by atoms with Gasteiger partial charge >= 0.3 is 0 Å². The Labute approximate surface area is 122 Å². The third-order valence-corrected chi connectivity index (χ3v) is 2.82. The number of amidine groups is 1. The molecular weight excluding hydrogens is 270 g/mol. The van der Waals surface area contributed by atoms with Gasteiger partial charge in [-0.05, 0) is 30.7 Å². The summed E-state index contributed by atoms with van der Waals surface area (Å²) in [4.78, 5) is 4.10. The molecule has 0 aliphatic heterocycles. The van der Waals surface area contributed by atoms with Crippen molar-refractivity contribution in [1.29, 1.82) is 0 Å². The van der Waals surface area contributed by atoms with Crippen LogP contribution in [-0.2, 0) is 0 Å². The van der Waals surface area contributed by atoms with Gasteiger partial charge in [-0.3, -0.25) is 0 Å². The van der Waals surface area contributed by atoms with Gasteiger partial charge in [-0.25, -0.2) is 4.98 Å². The molecule has 0 spiro atoms. The van der Waals surface area contributed by atoms with Crippen molar-refractivity contribution in [3.05, 3.63) is 53.7 Å². The normalized spacial score (nSPS) is 11.2. The van der Waals surface area contributed by atoms with Crippen molar-refractivity contribution >= 4 is 5.84 Å². The molecule has 1 aromatic heterocycles. The number of nitrogens with two attached hydrogens (primary N) is 1. The van der Waals surface area contributed by atoms with Gasteiger partial charge in [-0.2, -0.15) is 0 Å². The summed E-state index contributed by atoms with van der Waals surface area (Å²) in [6.45, 7) is 2.51. The van der Waals surface area contributed by atoms with Gasteiger partial charge in [0.25, 0.3) is 0 Å². The maximum absolute atomic E-state index is 8.81. The third kappa shape index (κ3) is 3.85. The monoisotopic (exact) mass is 287 g/mol. The average molecular weight is 287 g/mol. The van der Waals surface area contributed by atoms with Crippen LogP contribution < -0.4 is 15.2 Å². The molecule has 0 aliphatic rings. The first-order chi connectivity index (χ1) is 10.2. The molecule has 0 atom stereocenters. The number of pyridine rings is 1. The lowest BCUT2D eigenvalue weighted by atomic mass is 10.1. The lowest BCUT2D eigenvalue weighted by Gasteiger charge is -2.12. The summed E-state index contributed by atoms with van der Waals surface area (Å²) in [5, 5.41) is 11.8. The van der Waals surface area contributed by atoms with Crippen molar-refractivity contribution in [3.63, 3.8) is 0 Å². The molecule has 1 aromatic carbocycles. The Morgan fingerprint density at radius 1 is 1.19 bits per heavy atom. The van der Waals surface area contributed by atoms with E-state index in [1.54, 1.807) is 12.3 Å². The predicted molar refractivity (Wildman–Crippen MR) is 78.9 cm³/mol. The van der Waals surface area contributed by atoms with Gasteiger partial charge in [-0.15, -0.1) is 0 Å². The molecule has 3 N–H and O–H groups in total. The predicted octanol–water partition coefficient (Wildman–Crippen LogP) is 1.94. The first-order valence-corrected chi connectivity index (χ1v) is 6.46. The van der Waals surface area contributed by atoms with Crippen LogP contribution in [0.5, 0.6) is 11.6 Å². The molecule has 2 rings (SSSR count). The van der Waals surface area contributed by atoms with Gasteiger partial charge in [-0.1, -0.05) is 23.4 Å². The second-order valence-corrected chi connectivity index (χ2v) is 4.30. The lowest BCUT2D eigenvalue weighted by Crippen LogP contribution is -2.18. The Hall–Kier alpha value is -2.76. The van der Waals surface area contributed by atoms with Crippen molar-refractivity contribution in [2.24, 2.45) is 10.9 Å². The molecule has 0 saturated carbocycles. The summed E-state index contributed by atoms with van der Waals surface area (Å²) >= 11 is 0. The highest BCUT2D eigenvalue weighted by atomic mass is 16.5. The van der Waals surface area contributed by atoms with E-state index in [9.17, 15) is 0 Å². The Balaban J connectivity index is 1.96. The zero-order valence-electron chi connectivity index (χ0n) is 11.7. The molecule has 6 nitrogen and oxygen atoms in total. The topological polar surface area (TPSA) is 90.0 Å². The van der Waals surface area contributed by atoms with Crippen LogP contribution in [0, 0.1) is 6.92 Å². The van der Waals surface area contributed by atoms with Crippen molar-refractivity contribution in [2.45, 2.75) is 6.92 Å². The number of benzene rings is 1. The Bertz CT molecular complexity index is 615. The molecule has 0 unspecified atom stereocenters. The summed E-state index contributed by atoms with van der Waals surface area (Å²) < 4.78 is 11.1. The second kappa shape index (κ2) is 7.14. The molecule has 0 saturated heterocycles. The second-order valence-electron chi connectivity index (χ2n) is 4.30. The first kappa shape index (κ1) is 14.6. The van der Waals surface area contributed by atoms with Gasteiger partial charge < -0.3 is 20.4 Å². The quantitative estimate of drug-likeness (QED) is 0.278. The van der Waals surface area contributed by atoms with Gasteiger partial charge in [0.2, 0.25) is 5.88 Å². The summed E-state index contributed by atoms with van der Waals surface area (Å²) in [7, 11) is 0. The molecule has 1 heterocycles. The number of ether oxygens (including phenoxy) is 2. The summed E-state index contributed by atoms with van der Waals surface area (Å²) in [6, 6.07) is 11.2. The molecule has 0 aliphatic carbocycles. The number of aromatic nitrogens is 1. The van der Waals surface area contributed by atoms with Crippen molar-refractivity contribution in [2.75, 3.05) is 13.2 Å². The zero-order valence-corrected chi connectivity index (χ0v) is 11.7. The SMILES string of the molecule is Cc1ccnc(OCCOc2ccccc2)c1/C(N)=N/O. The van der Waals surface area contributed by atoms with E-state index >= 15 is 0 Å². The van der Waals surface area contributed by atoms with Crippen LogP contribution in [-0.4, -0.2) is 29.2 Å². The standard InChI is InChI=1S/C15H17N3O3/c1-11-7-8-17-15(13(11)14(16)18-19)21-10-9-20-12-5-3-2-4-6-12/h2-8,19H,9-10H2,1H3,(H2,16,18). The molecule has 0 fully saturated rings. The third-order valence-electron chi connectivity index (χ3n) is 2.82. The fourth-order valence-electron chi connectivity index (χ4n) is 1.82. The Morgan fingerprint density at radius 2 is 1.90 bits per heavy atom.